The Morgan fingerprint density at radius 1 is 1.37 bits per heavy atom. The highest BCUT2D eigenvalue weighted by molar-refractivity contribution is 6.33. The standard InChI is InChI=1S/C15H22Cl2N2/c1-11(2)18-9-14-4-3-7-19(14)10-12-8-13(16)5-6-15(12)17/h5-6,8,11,14,18H,3-4,7,9-10H2,1-2H3. The molecule has 0 amide bonds. The van der Waals surface area contributed by atoms with Crippen LogP contribution in [0.25, 0.3) is 0 Å². The molecule has 106 valence electrons. The molecule has 1 N–H and O–H groups in total. The molecule has 1 heterocycles. The normalized spacial score (nSPS) is 20.4. The number of benzene rings is 1. The molecule has 4 heteroatoms. The van der Waals surface area contributed by atoms with Crippen LogP contribution in [0.3, 0.4) is 0 Å². The largest absolute Gasteiger partial charge is 0.313 e. The van der Waals surface area contributed by atoms with E-state index in [0.29, 0.717) is 12.1 Å². The smallest absolute Gasteiger partial charge is 0.0452 e. The second-order valence-corrected chi connectivity index (χ2v) is 6.41. The summed E-state index contributed by atoms with van der Waals surface area (Å²) in [6.45, 7) is 7.47. The molecule has 0 aromatic heterocycles. The Bertz CT molecular complexity index is 421. The lowest BCUT2D eigenvalue weighted by molar-refractivity contribution is 0.236. The number of hydrogen-bond donors (Lipinski definition) is 1. The van der Waals surface area contributed by atoms with Crippen molar-refractivity contribution in [1.82, 2.24) is 10.2 Å². The van der Waals surface area contributed by atoms with Gasteiger partial charge in [0.05, 0.1) is 0 Å². The second-order valence-electron chi connectivity index (χ2n) is 5.57. The molecule has 1 unspecified atom stereocenters. The van der Waals surface area contributed by atoms with Crippen molar-refractivity contribution in [2.45, 2.75) is 45.3 Å². The quantitative estimate of drug-likeness (QED) is 0.885. The molecule has 0 saturated carbocycles. The third-order valence-corrected chi connectivity index (χ3v) is 4.25. The lowest BCUT2D eigenvalue weighted by Crippen LogP contribution is -2.39. The van der Waals surface area contributed by atoms with Gasteiger partial charge in [0.25, 0.3) is 0 Å². The Kier molecular flexibility index (Phi) is 5.52. The summed E-state index contributed by atoms with van der Waals surface area (Å²) in [5.41, 5.74) is 1.13. The van der Waals surface area contributed by atoms with E-state index in [1.165, 1.54) is 12.8 Å². The lowest BCUT2D eigenvalue weighted by Gasteiger charge is -2.26. The van der Waals surface area contributed by atoms with Crippen LogP contribution in [-0.2, 0) is 6.54 Å². The van der Waals surface area contributed by atoms with Gasteiger partial charge in [-0.1, -0.05) is 37.0 Å². The van der Waals surface area contributed by atoms with Crippen molar-refractivity contribution in [3.63, 3.8) is 0 Å². The molecule has 19 heavy (non-hydrogen) atoms. The minimum Gasteiger partial charge on any atom is -0.313 e. The molecule has 1 atom stereocenters. The van der Waals surface area contributed by atoms with Gasteiger partial charge in [0.1, 0.15) is 0 Å². The van der Waals surface area contributed by atoms with E-state index in [1.54, 1.807) is 0 Å². The van der Waals surface area contributed by atoms with Crippen molar-refractivity contribution in [3.05, 3.63) is 33.8 Å². The topological polar surface area (TPSA) is 15.3 Å². The molecule has 0 spiro atoms. The van der Waals surface area contributed by atoms with E-state index in [9.17, 15) is 0 Å². The van der Waals surface area contributed by atoms with Gasteiger partial charge in [0.2, 0.25) is 0 Å². The van der Waals surface area contributed by atoms with Crippen LogP contribution in [0.5, 0.6) is 0 Å². The van der Waals surface area contributed by atoms with Crippen LogP contribution in [0.1, 0.15) is 32.3 Å². The summed E-state index contributed by atoms with van der Waals surface area (Å²) in [7, 11) is 0. The highest BCUT2D eigenvalue weighted by atomic mass is 35.5. The number of nitrogens with one attached hydrogen (secondary N) is 1. The molecular formula is C15H22Cl2N2. The van der Waals surface area contributed by atoms with Crippen molar-refractivity contribution < 1.29 is 0 Å². The van der Waals surface area contributed by atoms with Gasteiger partial charge in [-0.05, 0) is 43.1 Å². The Labute approximate surface area is 126 Å². The van der Waals surface area contributed by atoms with Crippen LogP contribution in [0, 0.1) is 0 Å². The van der Waals surface area contributed by atoms with Crippen LogP contribution in [-0.4, -0.2) is 30.1 Å². The zero-order chi connectivity index (χ0) is 13.8. The zero-order valence-electron chi connectivity index (χ0n) is 11.6. The molecule has 1 aliphatic heterocycles. The van der Waals surface area contributed by atoms with Crippen LogP contribution in [0.2, 0.25) is 10.0 Å². The third-order valence-electron chi connectivity index (χ3n) is 3.64. The summed E-state index contributed by atoms with van der Waals surface area (Å²) in [5.74, 6) is 0. The fourth-order valence-electron chi connectivity index (χ4n) is 2.59. The lowest BCUT2D eigenvalue weighted by atomic mass is 10.1. The van der Waals surface area contributed by atoms with Gasteiger partial charge in [-0.25, -0.2) is 0 Å². The van der Waals surface area contributed by atoms with Crippen LogP contribution >= 0.6 is 23.2 Å². The first kappa shape index (κ1) is 15.1. The molecular weight excluding hydrogens is 279 g/mol. The van der Waals surface area contributed by atoms with E-state index in [0.717, 1.165) is 35.2 Å². The summed E-state index contributed by atoms with van der Waals surface area (Å²) in [6.07, 6.45) is 2.53. The fourth-order valence-corrected chi connectivity index (χ4v) is 2.96. The molecule has 0 aliphatic carbocycles. The van der Waals surface area contributed by atoms with E-state index in [2.05, 4.69) is 24.1 Å². The Balaban J connectivity index is 1.98. The van der Waals surface area contributed by atoms with Crippen molar-refractivity contribution in [2.75, 3.05) is 13.1 Å². The van der Waals surface area contributed by atoms with E-state index in [1.807, 2.05) is 18.2 Å². The first-order chi connectivity index (χ1) is 9.06. The van der Waals surface area contributed by atoms with E-state index >= 15 is 0 Å². The van der Waals surface area contributed by atoms with Crippen LogP contribution in [0.15, 0.2) is 18.2 Å². The van der Waals surface area contributed by atoms with Crippen molar-refractivity contribution in [3.8, 4) is 0 Å². The highest BCUT2D eigenvalue weighted by Gasteiger charge is 2.24. The van der Waals surface area contributed by atoms with Crippen LogP contribution in [0.4, 0.5) is 0 Å². The Morgan fingerprint density at radius 2 is 2.16 bits per heavy atom. The first-order valence-electron chi connectivity index (χ1n) is 6.97. The molecule has 1 aromatic rings. The predicted molar refractivity (Wildman–Crippen MR) is 83.0 cm³/mol. The fraction of sp³-hybridized carbons (Fsp3) is 0.600. The maximum atomic E-state index is 6.25. The summed E-state index contributed by atoms with van der Waals surface area (Å²) in [4.78, 5) is 2.51. The Hall–Kier alpha value is -0.280. The number of nitrogens with zero attached hydrogens (tertiary/aromatic N) is 1. The third kappa shape index (κ3) is 4.35. The number of hydrogen-bond acceptors (Lipinski definition) is 2. The molecule has 1 aliphatic rings. The average molecular weight is 301 g/mol. The molecule has 1 aromatic carbocycles. The summed E-state index contributed by atoms with van der Waals surface area (Å²) in [6, 6.07) is 6.86. The molecule has 1 saturated heterocycles. The van der Waals surface area contributed by atoms with Gasteiger partial charge in [-0.2, -0.15) is 0 Å². The zero-order valence-corrected chi connectivity index (χ0v) is 13.1. The van der Waals surface area contributed by atoms with Crippen molar-refractivity contribution >= 4 is 23.2 Å². The maximum absolute atomic E-state index is 6.25. The minimum absolute atomic E-state index is 0.539. The minimum atomic E-state index is 0.539. The molecule has 2 nitrogen and oxygen atoms in total. The Morgan fingerprint density at radius 3 is 2.89 bits per heavy atom. The molecule has 0 bridgehead atoms. The van der Waals surface area contributed by atoms with E-state index < -0.39 is 0 Å². The van der Waals surface area contributed by atoms with Crippen LogP contribution < -0.4 is 5.32 Å². The van der Waals surface area contributed by atoms with E-state index in [-0.39, 0.29) is 0 Å². The monoisotopic (exact) mass is 300 g/mol. The summed E-state index contributed by atoms with van der Waals surface area (Å²) < 4.78 is 0. The average Bonchev–Trinajstić information content (AvgIpc) is 2.79. The van der Waals surface area contributed by atoms with Crippen molar-refractivity contribution in [1.29, 1.82) is 0 Å². The van der Waals surface area contributed by atoms with Gasteiger partial charge in [-0.3, -0.25) is 4.90 Å². The number of halogens is 2. The summed E-state index contributed by atoms with van der Waals surface area (Å²) in [5, 5.41) is 5.10. The molecule has 2 rings (SSSR count). The SMILES string of the molecule is CC(C)NCC1CCCN1Cc1cc(Cl)ccc1Cl. The van der Waals surface area contributed by atoms with Gasteiger partial charge in [0.15, 0.2) is 0 Å². The maximum Gasteiger partial charge on any atom is 0.0452 e. The van der Waals surface area contributed by atoms with Gasteiger partial charge in [-0.15, -0.1) is 0 Å². The number of rotatable bonds is 5. The van der Waals surface area contributed by atoms with E-state index in [4.69, 9.17) is 23.2 Å². The highest BCUT2D eigenvalue weighted by Crippen LogP contribution is 2.25. The number of likely N-dealkylation sites (tertiary alicyclic amines) is 1. The van der Waals surface area contributed by atoms with Gasteiger partial charge < -0.3 is 5.32 Å². The van der Waals surface area contributed by atoms with Crippen molar-refractivity contribution in [2.24, 2.45) is 0 Å². The second kappa shape index (κ2) is 6.94. The molecule has 1 fully saturated rings. The van der Waals surface area contributed by atoms with Gasteiger partial charge >= 0.3 is 0 Å². The summed E-state index contributed by atoms with van der Waals surface area (Å²) >= 11 is 12.3. The predicted octanol–water partition coefficient (Wildman–Crippen LogP) is 3.96. The first-order valence-corrected chi connectivity index (χ1v) is 7.73. The van der Waals surface area contributed by atoms with Gasteiger partial charge in [0, 0.05) is 35.2 Å². The molecule has 0 radical (unpaired) electrons.